The number of hydrogen-bond acceptors (Lipinski definition) is 0. The van der Waals surface area contributed by atoms with Gasteiger partial charge in [0, 0.05) is 17.5 Å². The molecule has 0 aliphatic carbocycles. The fourth-order valence-corrected chi connectivity index (χ4v) is 1.46. The summed E-state index contributed by atoms with van der Waals surface area (Å²) in [6.45, 7) is 7.67. The second kappa shape index (κ2) is 6.14. The standard InChI is InChI=1S/C11H18N.BrH/c1-4-5-6-12-8-10(2)7-11(3)9-12;/h7-9H,4-6H2,1-3H3;1H/q+1;/p-1. The molecule has 0 N–H and O–H groups in total. The van der Waals surface area contributed by atoms with Crippen molar-refractivity contribution in [3.05, 3.63) is 29.6 Å². The first-order chi connectivity index (χ1) is 5.72. The molecule has 0 saturated carbocycles. The number of unbranched alkanes of at least 4 members (excludes halogenated alkanes) is 1. The van der Waals surface area contributed by atoms with Crippen LogP contribution >= 0.6 is 0 Å². The Kier molecular flexibility index (Phi) is 5.97. The third-order valence-corrected chi connectivity index (χ3v) is 1.96. The van der Waals surface area contributed by atoms with Crippen molar-refractivity contribution in [2.45, 2.75) is 40.2 Å². The first-order valence-corrected chi connectivity index (χ1v) is 4.69. The molecule has 0 radical (unpaired) electrons. The van der Waals surface area contributed by atoms with Crippen LogP contribution < -0.4 is 21.5 Å². The highest BCUT2D eigenvalue weighted by atomic mass is 79.9. The van der Waals surface area contributed by atoms with Crippen LogP contribution in [0.15, 0.2) is 18.5 Å². The summed E-state index contributed by atoms with van der Waals surface area (Å²) in [5, 5.41) is 0. The maximum absolute atomic E-state index is 2.29. The first kappa shape index (κ1) is 12.6. The van der Waals surface area contributed by atoms with E-state index in [2.05, 4.69) is 43.8 Å². The molecule has 1 nitrogen and oxygen atoms in total. The van der Waals surface area contributed by atoms with Gasteiger partial charge in [-0.15, -0.1) is 0 Å². The maximum atomic E-state index is 2.29. The lowest BCUT2D eigenvalue weighted by Gasteiger charge is -1.98. The number of nitrogens with zero attached hydrogens (tertiary/aromatic N) is 1. The molecule has 1 aromatic rings. The number of pyridine rings is 1. The van der Waals surface area contributed by atoms with Gasteiger partial charge >= 0.3 is 0 Å². The average Bonchev–Trinajstić information content (AvgIpc) is 1.99. The van der Waals surface area contributed by atoms with E-state index in [0.717, 1.165) is 6.54 Å². The van der Waals surface area contributed by atoms with Crippen molar-refractivity contribution in [2.24, 2.45) is 0 Å². The summed E-state index contributed by atoms with van der Waals surface area (Å²) >= 11 is 0. The number of aromatic nitrogens is 1. The predicted octanol–water partition coefficient (Wildman–Crippen LogP) is -0.605. The average molecular weight is 244 g/mol. The van der Waals surface area contributed by atoms with Gasteiger partial charge in [-0.05, 0) is 19.9 Å². The molecule has 0 aliphatic rings. The van der Waals surface area contributed by atoms with Crippen LogP contribution in [0.5, 0.6) is 0 Å². The summed E-state index contributed by atoms with van der Waals surface area (Å²) in [6.07, 6.45) is 6.96. The number of halogens is 1. The lowest BCUT2D eigenvalue weighted by atomic mass is 10.2. The Labute approximate surface area is 91.6 Å². The molecule has 1 rings (SSSR count). The molecule has 1 aromatic heterocycles. The van der Waals surface area contributed by atoms with Gasteiger partial charge < -0.3 is 17.0 Å². The highest BCUT2D eigenvalue weighted by Gasteiger charge is 2.00. The molecule has 0 fully saturated rings. The normalized spacial score (nSPS) is 9.46. The van der Waals surface area contributed by atoms with Gasteiger partial charge in [-0.1, -0.05) is 13.3 Å². The third kappa shape index (κ3) is 4.41. The Hall–Kier alpha value is -0.370. The van der Waals surface area contributed by atoms with E-state index in [1.165, 1.54) is 24.0 Å². The summed E-state index contributed by atoms with van der Waals surface area (Å²) in [7, 11) is 0. The van der Waals surface area contributed by atoms with Gasteiger partial charge in [0.1, 0.15) is 6.54 Å². The van der Waals surface area contributed by atoms with Crippen molar-refractivity contribution in [2.75, 3.05) is 0 Å². The molecule has 0 amide bonds. The summed E-state index contributed by atoms with van der Waals surface area (Å²) in [5.41, 5.74) is 2.71. The zero-order valence-corrected chi connectivity index (χ0v) is 10.3. The van der Waals surface area contributed by atoms with E-state index in [-0.39, 0.29) is 17.0 Å². The van der Waals surface area contributed by atoms with Crippen LogP contribution in [0.1, 0.15) is 30.9 Å². The molecular weight excluding hydrogens is 226 g/mol. The molecule has 0 atom stereocenters. The Morgan fingerprint density at radius 1 is 1.15 bits per heavy atom. The molecule has 2 heteroatoms. The van der Waals surface area contributed by atoms with Crippen molar-refractivity contribution in [1.29, 1.82) is 0 Å². The van der Waals surface area contributed by atoms with Crippen LogP contribution in [0.4, 0.5) is 0 Å². The van der Waals surface area contributed by atoms with Crippen molar-refractivity contribution in [1.82, 2.24) is 0 Å². The molecule has 0 aliphatic heterocycles. The predicted molar refractivity (Wildman–Crippen MR) is 51.0 cm³/mol. The lowest BCUT2D eigenvalue weighted by molar-refractivity contribution is -0.698. The molecule has 0 bridgehead atoms. The van der Waals surface area contributed by atoms with Crippen LogP contribution in [0, 0.1) is 13.8 Å². The quantitative estimate of drug-likeness (QED) is 0.625. The summed E-state index contributed by atoms with van der Waals surface area (Å²) < 4.78 is 2.29. The Morgan fingerprint density at radius 2 is 1.69 bits per heavy atom. The number of aryl methyl sites for hydroxylation is 3. The third-order valence-electron chi connectivity index (χ3n) is 1.96. The van der Waals surface area contributed by atoms with Crippen LogP contribution in [-0.2, 0) is 6.54 Å². The van der Waals surface area contributed by atoms with Crippen LogP contribution in [-0.4, -0.2) is 0 Å². The topological polar surface area (TPSA) is 3.88 Å². The molecule has 0 aromatic carbocycles. The monoisotopic (exact) mass is 243 g/mol. The second-order valence-electron chi connectivity index (χ2n) is 3.48. The zero-order chi connectivity index (χ0) is 8.97. The molecule has 0 saturated heterocycles. The minimum absolute atomic E-state index is 0. The lowest BCUT2D eigenvalue weighted by Crippen LogP contribution is -3.00. The molecule has 74 valence electrons. The molecule has 1 heterocycles. The van der Waals surface area contributed by atoms with Gasteiger partial charge in [-0.25, -0.2) is 4.57 Å². The molecular formula is C11H18BrN. The van der Waals surface area contributed by atoms with E-state index in [9.17, 15) is 0 Å². The summed E-state index contributed by atoms with van der Waals surface area (Å²) in [6, 6.07) is 2.21. The van der Waals surface area contributed by atoms with E-state index < -0.39 is 0 Å². The summed E-state index contributed by atoms with van der Waals surface area (Å²) in [5.74, 6) is 0. The highest BCUT2D eigenvalue weighted by molar-refractivity contribution is 5.11. The Bertz CT molecular complexity index is 238. The van der Waals surface area contributed by atoms with Gasteiger partial charge in [0.25, 0.3) is 0 Å². The second-order valence-corrected chi connectivity index (χ2v) is 3.48. The van der Waals surface area contributed by atoms with Gasteiger partial charge in [0.15, 0.2) is 12.4 Å². The number of rotatable bonds is 3. The van der Waals surface area contributed by atoms with E-state index in [0.29, 0.717) is 0 Å². The minimum Gasteiger partial charge on any atom is -1.00 e. The first-order valence-electron chi connectivity index (χ1n) is 4.69. The van der Waals surface area contributed by atoms with E-state index in [1.807, 2.05) is 0 Å². The van der Waals surface area contributed by atoms with E-state index in [1.54, 1.807) is 0 Å². The van der Waals surface area contributed by atoms with Crippen LogP contribution in [0.2, 0.25) is 0 Å². The Balaban J connectivity index is 0.00000144. The van der Waals surface area contributed by atoms with E-state index >= 15 is 0 Å². The van der Waals surface area contributed by atoms with Crippen LogP contribution in [0.25, 0.3) is 0 Å². The van der Waals surface area contributed by atoms with Gasteiger partial charge in [-0.2, -0.15) is 0 Å². The highest BCUT2D eigenvalue weighted by Crippen LogP contribution is 1.97. The van der Waals surface area contributed by atoms with E-state index in [4.69, 9.17) is 0 Å². The fraction of sp³-hybridized carbons (Fsp3) is 0.545. The van der Waals surface area contributed by atoms with Gasteiger partial charge in [-0.3, -0.25) is 0 Å². The largest absolute Gasteiger partial charge is 1.00 e. The SMILES string of the molecule is CCCC[n+]1cc(C)cc(C)c1.[Br-]. The maximum Gasteiger partial charge on any atom is 0.171 e. The molecule has 0 unspecified atom stereocenters. The van der Waals surface area contributed by atoms with Crippen LogP contribution in [0.3, 0.4) is 0 Å². The molecule has 0 spiro atoms. The summed E-state index contributed by atoms with van der Waals surface area (Å²) in [4.78, 5) is 0. The minimum atomic E-state index is 0. The van der Waals surface area contributed by atoms with Crippen molar-refractivity contribution >= 4 is 0 Å². The molecule has 13 heavy (non-hydrogen) atoms. The zero-order valence-electron chi connectivity index (χ0n) is 8.68. The van der Waals surface area contributed by atoms with Crippen molar-refractivity contribution < 1.29 is 21.5 Å². The van der Waals surface area contributed by atoms with Gasteiger partial charge in [0.2, 0.25) is 0 Å². The number of hydrogen-bond donors (Lipinski definition) is 0. The smallest absolute Gasteiger partial charge is 0.171 e. The Morgan fingerprint density at radius 3 is 2.15 bits per heavy atom. The van der Waals surface area contributed by atoms with Gasteiger partial charge in [0.05, 0.1) is 0 Å². The van der Waals surface area contributed by atoms with Crippen molar-refractivity contribution in [3.8, 4) is 0 Å². The fourth-order valence-electron chi connectivity index (χ4n) is 1.46. The van der Waals surface area contributed by atoms with Crippen molar-refractivity contribution in [3.63, 3.8) is 0 Å².